The second-order valence-electron chi connectivity index (χ2n) is 9.83. The lowest BCUT2D eigenvalue weighted by Gasteiger charge is -2.34. The minimum Gasteiger partial charge on any atom is -0.477 e. The normalized spacial score (nSPS) is 18.0. The summed E-state index contributed by atoms with van der Waals surface area (Å²) < 4.78 is 34.3. The fraction of sp³-hybridized carbons (Fsp3) is 0.538. The lowest BCUT2D eigenvalue weighted by Crippen LogP contribution is -2.41. The molecule has 1 aromatic heterocycles. The maximum absolute atomic E-state index is 14.6. The van der Waals surface area contributed by atoms with Crippen LogP contribution in [0.1, 0.15) is 49.9 Å². The van der Waals surface area contributed by atoms with E-state index in [1.165, 1.54) is 6.07 Å². The molecule has 3 heterocycles. The van der Waals surface area contributed by atoms with E-state index in [1.54, 1.807) is 43.1 Å². The van der Waals surface area contributed by atoms with Gasteiger partial charge in [-0.2, -0.15) is 0 Å². The molecule has 2 saturated heterocycles. The van der Waals surface area contributed by atoms with Gasteiger partial charge in [0, 0.05) is 37.5 Å². The van der Waals surface area contributed by atoms with Gasteiger partial charge in [-0.05, 0) is 82.3 Å². The molecule has 178 valence electrons. The Bertz CT molecular complexity index is 945. The average Bonchev–Trinajstić information content (AvgIpc) is 3.32. The number of carbonyl (C=O) groups excluding carboxylic acids is 1. The molecule has 7 heteroatoms. The van der Waals surface area contributed by atoms with Gasteiger partial charge in [0.05, 0.1) is 12.2 Å². The number of ether oxygens (including phenoxy) is 1. The van der Waals surface area contributed by atoms with E-state index in [1.807, 2.05) is 6.07 Å². The van der Waals surface area contributed by atoms with E-state index in [4.69, 9.17) is 4.74 Å². The van der Waals surface area contributed by atoms with E-state index in [9.17, 15) is 13.6 Å². The number of nitrogens with zero attached hydrogens (tertiary/aromatic N) is 3. The second-order valence-corrected chi connectivity index (χ2v) is 9.83. The summed E-state index contributed by atoms with van der Waals surface area (Å²) in [6.07, 6.45) is 5.58. The van der Waals surface area contributed by atoms with Crippen molar-refractivity contribution < 1.29 is 18.3 Å². The topological polar surface area (TPSA) is 45.7 Å². The van der Waals surface area contributed by atoms with E-state index >= 15 is 0 Å². The van der Waals surface area contributed by atoms with Crippen LogP contribution < -0.4 is 4.74 Å². The van der Waals surface area contributed by atoms with Gasteiger partial charge in [-0.25, -0.2) is 13.8 Å². The summed E-state index contributed by atoms with van der Waals surface area (Å²) in [4.78, 5) is 20.7. The summed E-state index contributed by atoms with van der Waals surface area (Å²) in [6.45, 7) is 7.45. The fourth-order valence-corrected chi connectivity index (χ4v) is 4.64. The highest BCUT2D eigenvalue weighted by Crippen LogP contribution is 2.25. The van der Waals surface area contributed by atoms with Crippen molar-refractivity contribution in [2.45, 2.75) is 45.2 Å². The van der Waals surface area contributed by atoms with Crippen LogP contribution >= 0.6 is 0 Å². The highest BCUT2D eigenvalue weighted by molar-refractivity contribution is 5.95. The number of hydrogen-bond acceptors (Lipinski definition) is 4. The molecule has 2 aromatic rings. The number of amides is 1. The molecule has 0 saturated carbocycles. The third kappa shape index (κ3) is 6.28. The van der Waals surface area contributed by atoms with Gasteiger partial charge in [0.15, 0.2) is 0 Å². The maximum atomic E-state index is 14.6. The zero-order valence-corrected chi connectivity index (χ0v) is 19.5. The highest BCUT2D eigenvalue weighted by Gasteiger charge is 2.26. The lowest BCUT2D eigenvalue weighted by molar-refractivity contribution is 0.0788. The standard InChI is InChI=1S/C26H33F2N3O2/c1-26(2,28)18-30-13-9-19(10-14-30)17-33-24-8-6-21(16-29-24)20-5-7-22(23(27)15-20)25(32)31-11-3-4-12-31/h5-8,15-16,19H,3-4,9-14,17-18H2,1-2H3. The third-order valence-corrected chi connectivity index (χ3v) is 6.44. The zero-order valence-electron chi connectivity index (χ0n) is 19.5. The van der Waals surface area contributed by atoms with Gasteiger partial charge in [0.25, 0.3) is 5.91 Å². The summed E-state index contributed by atoms with van der Waals surface area (Å²) in [5.41, 5.74) is 0.396. The molecule has 33 heavy (non-hydrogen) atoms. The number of aromatic nitrogens is 1. The van der Waals surface area contributed by atoms with Gasteiger partial charge in [-0.3, -0.25) is 4.79 Å². The quantitative estimate of drug-likeness (QED) is 0.589. The Hall–Kier alpha value is -2.54. The molecule has 0 aliphatic carbocycles. The van der Waals surface area contributed by atoms with Gasteiger partial charge in [0.1, 0.15) is 11.5 Å². The number of benzene rings is 1. The largest absolute Gasteiger partial charge is 0.477 e. The van der Waals surface area contributed by atoms with Crippen molar-refractivity contribution in [2.24, 2.45) is 5.92 Å². The first-order valence-electron chi connectivity index (χ1n) is 11.9. The smallest absolute Gasteiger partial charge is 0.256 e. The monoisotopic (exact) mass is 457 g/mol. The molecule has 2 aliphatic rings. The second kappa shape index (κ2) is 10.2. The molecular weight excluding hydrogens is 424 g/mol. The number of rotatable bonds is 7. The maximum Gasteiger partial charge on any atom is 0.256 e. The molecule has 1 aromatic carbocycles. The Morgan fingerprint density at radius 2 is 1.79 bits per heavy atom. The van der Waals surface area contributed by atoms with Crippen LogP contribution in [0.25, 0.3) is 11.1 Å². The van der Waals surface area contributed by atoms with Crippen molar-refractivity contribution in [3.8, 4) is 17.0 Å². The van der Waals surface area contributed by atoms with Crippen molar-refractivity contribution in [2.75, 3.05) is 39.3 Å². The number of pyridine rings is 1. The Labute approximate surface area is 194 Å². The molecular formula is C26H33F2N3O2. The highest BCUT2D eigenvalue weighted by atomic mass is 19.1. The van der Waals surface area contributed by atoms with E-state index in [-0.39, 0.29) is 11.5 Å². The van der Waals surface area contributed by atoms with Gasteiger partial charge >= 0.3 is 0 Å². The predicted molar refractivity (Wildman–Crippen MR) is 125 cm³/mol. The Morgan fingerprint density at radius 1 is 1.09 bits per heavy atom. The number of hydrogen-bond donors (Lipinski definition) is 0. The minimum absolute atomic E-state index is 0.120. The first kappa shape index (κ1) is 23.6. The minimum atomic E-state index is -1.17. The van der Waals surface area contributed by atoms with E-state index in [0.717, 1.165) is 44.3 Å². The Morgan fingerprint density at radius 3 is 2.39 bits per heavy atom. The Balaban J connectivity index is 1.30. The van der Waals surface area contributed by atoms with Crippen molar-refractivity contribution in [3.63, 3.8) is 0 Å². The predicted octanol–water partition coefficient (Wildman–Crippen LogP) is 4.96. The fourth-order valence-electron chi connectivity index (χ4n) is 4.64. The molecule has 0 spiro atoms. The molecule has 0 unspecified atom stereocenters. The zero-order chi connectivity index (χ0) is 23.4. The van der Waals surface area contributed by atoms with E-state index < -0.39 is 11.5 Å². The number of alkyl halides is 1. The first-order valence-corrected chi connectivity index (χ1v) is 11.9. The average molecular weight is 458 g/mol. The molecule has 2 fully saturated rings. The van der Waals surface area contributed by atoms with E-state index in [2.05, 4.69) is 9.88 Å². The van der Waals surface area contributed by atoms with Crippen molar-refractivity contribution >= 4 is 5.91 Å². The van der Waals surface area contributed by atoms with Gasteiger partial charge in [0.2, 0.25) is 5.88 Å². The molecule has 5 nitrogen and oxygen atoms in total. The number of piperidine rings is 1. The van der Waals surface area contributed by atoms with Crippen LogP contribution in [0.5, 0.6) is 5.88 Å². The van der Waals surface area contributed by atoms with Crippen molar-refractivity contribution in [1.82, 2.24) is 14.8 Å². The summed E-state index contributed by atoms with van der Waals surface area (Å²) in [5.74, 6) is 0.220. The van der Waals surface area contributed by atoms with Crippen LogP contribution in [-0.2, 0) is 0 Å². The van der Waals surface area contributed by atoms with Crippen LogP contribution in [0, 0.1) is 11.7 Å². The lowest BCUT2D eigenvalue weighted by atomic mass is 9.97. The number of likely N-dealkylation sites (tertiary alicyclic amines) is 2. The molecule has 2 aliphatic heterocycles. The molecule has 0 N–H and O–H groups in total. The summed E-state index contributed by atoms with van der Waals surface area (Å²) in [7, 11) is 0. The number of carbonyl (C=O) groups is 1. The van der Waals surface area contributed by atoms with Crippen LogP contribution in [0.4, 0.5) is 8.78 Å². The first-order chi connectivity index (χ1) is 15.8. The molecule has 4 rings (SSSR count). The molecule has 1 amide bonds. The SMILES string of the molecule is CC(C)(F)CN1CCC(COc2ccc(-c3ccc(C(=O)N4CCCC4)c(F)c3)cn2)CC1. The molecule has 0 atom stereocenters. The van der Waals surface area contributed by atoms with Crippen molar-refractivity contribution in [3.05, 3.63) is 47.9 Å². The third-order valence-electron chi connectivity index (χ3n) is 6.44. The van der Waals surface area contributed by atoms with E-state index in [0.29, 0.717) is 43.6 Å². The summed E-state index contributed by atoms with van der Waals surface area (Å²) in [6, 6.07) is 8.36. The van der Waals surface area contributed by atoms with Gasteiger partial charge < -0.3 is 14.5 Å². The molecule has 0 radical (unpaired) electrons. The summed E-state index contributed by atoms with van der Waals surface area (Å²) >= 11 is 0. The van der Waals surface area contributed by atoms with Crippen LogP contribution in [0.2, 0.25) is 0 Å². The van der Waals surface area contributed by atoms with Crippen molar-refractivity contribution in [1.29, 1.82) is 0 Å². The Kier molecular flexibility index (Phi) is 7.27. The summed E-state index contributed by atoms with van der Waals surface area (Å²) in [5, 5.41) is 0. The van der Waals surface area contributed by atoms with Gasteiger partial charge in [-0.1, -0.05) is 6.07 Å². The molecule has 0 bridgehead atoms. The van der Waals surface area contributed by atoms with Crippen LogP contribution in [-0.4, -0.2) is 65.7 Å². The van der Waals surface area contributed by atoms with Crippen LogP contribution in [0.3, 0.4) is 0 Å². The number of halogens is 2. The van der Waals surface area contributed by atoms with Gasteiger partial charge in [-0.15, -0.1) is 0 Å². The van der Waals surface area contributed by atoms with Crippen LogP contribution in [0.15, 0.2) is 36.5 Å².